The number of rotatable bonds is 3. The Labute approximate surface area is 75.2 Å². The van der Waals surface area contributed by atoms with Gasteiger partial charge in [-0.25, -0.2) is 0 Å². The maximum absolute atomic E-state index is 5.17. The zero-order valence-corrected chi connectivity index (χ0v) is 8.34. The highest BCUT2D eigenvalue weighted by atomic mass is 16.5. The van der Waals surface area contributed by atoms with Gasteiger partial charge in [-0.05, 0) is 32.9 Å². The van der Waals surface area contributed by atoms with E-state index in [1.807, 2.05) is 0 Å². The van der Waals surface area contributed by atoms with E-state index in [-0.39, 0.29) is 0 Å². The Bertz CT molecular complexity index is 161. The molecule has 2 nitrogen and oxygen atoms in total. The van der Waals surface area contributed by atoms with Crippen molar-refractivity contribution < 1.29 is 4.74 Å². The van der Waals surface area contributed by atoms with Gasteiger partial charge in [0, 0.05) is 13.7 Å². The minimum absolute atomic E-state index is 0.616. The minimum atomic E-state index is 0.616. The highest BCUT2D eigenvalue weighted by Crippen LogP contribution is 2.18. The molecular weight excluding hydrogens is 150 g/mol. The Balaban J connectivity index is 2.46. The molecule has 0 N–H and O–H groups in total. The molecule has 0 saturated carbocycles. The molecule has 1 rings (SSSR count). The lowest BCUT2D eigenvalue weighted by Crippen LogP contribution is -2.28. The maximum Gasteiger partial charge on any atom is 0.0666 e. The number of likely N-dealkylation sites (tertiary alicyclic amines) is 1. The molecule has 0 bridgehead atoms. The molecule has 0 aromatic heterocycles. The van der Waals surface area contributed by atoms with Gasteiger partial charge in [-0.15, -0.1) is 0 Å². The van der Waals surface area contributed by atoms with Crippen molar-refractivity contribution in [3.8, 4) is 0 Å². The molecule has 1 atom stereocenters. The zero-order valence-electron chi connectivity index (χ0n) is 8.34. The van der Waals surface area contributed by atoms with Crippen LogP contribution in [0.1, 0.15) is 26.7 Å². The summed E-state index contributed by atoms with van der Waals surface area (Å²) in [7, 11) is 1.78. The van der Waals surface area contributed by atoms with E-state index >= 15 is 0 Å². The highest BCUT2D eigenvalue weighted by molar-refractivity contribution is 4.97. The number of nitrogens with zero attached hydrogens (tertiary/aromatic N) is 1. The lowest BCUT2D eigenvalue weighted by molar-refractivity contribution is 0.137. The van der Waals surface area contributed by atoms with E-state index in [0.29, 0.717) is 6.04 Å². The van der Waals surface area contributed by atoms with Crippen LogP contribution < -0.4 is 0 Å². The maximum atomic E-state index is 5.17. The average Bonchev–Trinajstić information content (AvgIpc) is 2.37. The molecule has 0 aliphatic carbocycles. The van der Waals surface area contributed by atoms with Crippen molar-refractivity contribution in [2.75, 3.05) is 20.3 Å². The SMILES string of the molecule is COC[C@@H]1CCCN1C=C(C)C. The summed E-state index contributed by atoms with van der Waals surface area (Å²) in [5.74, 6) is 0. The van der Waals surface area contributed by atoms with Crippen molar-refractivity contribution in [3.05, 3.63) is 11.8 Å². The molecule has 1 aliphatic heterocycles. The Morgan fingerprint density at radius 1 is 1.58 bits per heavy atom. The van der Waals surface area contributed by atoms with Gasteiger partial charge >= 0.3 is 0 Å². The largest absolute Gasteiger partial charge is 0.383 e. The monoisotopic (exact) mass is 169 g/mol. The van der Waals surface area contributed by atoms with E-state index < -0.39 is 0 Å². The molecule has 1 saturated heterocycles. The molecular formula is C10H19NO. The number of allylic oxidation sites excluding steroid dienone is 1. The summed E-state index contributed by atoms with van der Waals surface area (Å²) in [5, 5.41) is 0. The molecule has 12 heavy (non-hydrogen) atoms. The Morgan fingerprint density at radius 2 is 2.33 bits per heavy atom. The summed E-state index contributed by atoms with van der Waals surface area (Å²) in [4.78, 5) is 2.40. The van der Waals surface area contributed by atoms with Crippen LogP contribution >= 0.6 is 0 Å². The second-order valence-corrected chi connectivity index (χ2v) is 3.70. The van der Waals surface area contributed by atoms with E-state index in [1.54, 1.807) is 7.11 Å². The van der Waals surface area contributed by atoms with Crippen LogP contribution in [0.3, 0.4) is 0 Å². The number of hydrogen-bond acceptors (Lipinski definition) is 2. The van der Waals surface area contributed by atoms with Gasteiger partial charge in [0.15, 0.2) is 0 Å². The standard InChI is InChI=1S/C10H19NO/c1-9(2)7-11-6-4-5-10(11)8-12-3/h7,10H,4-6,8H2,1-3H3/t10-/m0/s1. The summed E-state index contributed by atoms with van der Waals surface area (Å²) in [6.07, 6.45) is 4.83. The van der Waals surface area contributed by atoms with Crippen LogP contribution in [0.15, 0.2) is 11.8 Å². The molecule has 0 amide bonds. The molecule has 1 fully saturated rings. The van der Waals surface area contributed by atoms with E-state index in [0.717, 1.165) is 6.61 Å². The quantitative estimate of drug-likeness (QED) is 0.641. The summed E-state index contributed by atoms with van der Waals surface area (Å²) in [6.45, 7) is 6.34. The van der Waals surface area contributed by atoms with Crippen LogP contribution in [0.4, 0.5) is 0 Å². The highest BCUT2D eigenvalue weighted by Gasteiger charge is 2.21. The fraction of sp³-hybridized carbons (Fsp3) is 0.800. The van der Waals surface area contributed by atoms with Gasteiger partial charge in [0.1, 0.15) is 0 Å². The first kappa shape index (κ1) is 9.59. The van der Waals surface area contributed by atoms with Gasteiger partial charge in [0.05, 0.1) is 12.6 Å². The van der Waals surface area contributed by atoms with Crippen molar-refractivity contribution in [2.45, 2.75) is 32.7 Å². The van der Waals surface area contributed by atoms with Crippen molar-refractivity contribution >= 4 is 0 Å². The second-order valence-electron chi connectivity index (χ2n) is 3.70. The van der Waals surface area contributed by atoms with Crippen LogP contribution in [0.2, 0.25) is 0 Å². The van der Waals surface area contributed by atoms with Crippen molar-refractivity contribution in [2.24, 2.45) is 0 Å². The smallest absolute Gasteiger partial charge is 0.0666 e. The first-order valence-electron chi connectivity index (χ1n) is 4.63. The summed E-state index contributed by atoms with van der Waals surface area (Å²) < 4.78 is 5.17. The average molecular weight is 169 g/mol. The fourth-order valence-corrected chi connectivity index (χ4v) is 1.73. The third-order valence-corrected chi connectivity index (χ3v) is 2.21. The predicted molar refractivity (Wildman–Crippen MR) is 51.0 cm³/mol. The first-order chi connectivity index (χ1) is 5.74. The summed E-state index contributed by atoms with van der Waals surface area (Å²) in [6, 6.07) is 0.616. The summed E-state index contributed by atoms with van der Waals surface area (Å²) >= 11 is 0. The lowest BCUT2D eigenvalue weighted by atomic mass is 10.2. The molecule has 0 spiro atoms. The van der Waals surface area contributed by atoms with Crippen molar-refractivity contribution in [1.82, 2.24) is 4.90 Å². The Morgan fingerprint density at radius 3 is 2.92 bits per heavy atom. The van der Waals surface area contributed by atoms with Crippen molar-refractivity contribution in [1.29, 1.82) is 0 Å². The molecule has 70 valence electrons. The Kier molecular flexibility index (Phi) is 3.60. The molecule has 2 heteroatoms. The molecule has 0 radical (unpaired) electrons. The molecule has 0 unspecified atom stereocenters. The van der Waals surface area contributed by atoms with Gasteiger partial charge in [0.25, 0.3) is 0 Å². The van der Waals surface area contributed by atoms with Crippen LogP contribution in [0.5, 0.6) is 0 Å². The summed E-state index contributed by atoms with van der Waals surface area (Å²) in [5.41, 5.74) is 1.37. The topological polar surface area (TPSA) is 12.5 Å². The van der Waals surface area contributed by atoms with E-state index in [9.17, 15) is 0 Å². The number of ether oxygens (including phenoxy) is 1. The normalized spacial score (nSPS) is 22.9. The van der Waals surface area contributed by atoms with E-state index in [1.165, 1.54) is 25.0 Å². The molecule has 1 heterocycles. The third-order valence-electron chi connectivity index (χ3n) is 2.21. The van der Waals surface area contributed by atoms with Gasteiger partial charge in [-0.1, -0.05) is 5.57 Å². The molecule has 1 aliphatic rings. The predicted octanol–water partition coefficient (Wildman–Crippen LogP) is 2.02. The number of hydrogen-bond donors (Lipinski definition) is 0. The van der Waals surface area contributed by atoms with Crippen LogP contribution in [0, 0.1) is 0 Å². The third kappa shape index (κ3) is 2.52. The fourth-order valence-electron chi connectivity index (χ4n) is 1.73. The minimum Gasteiger partial charge on any atom is -0.383 e. The molecule has 0 aromatic carbocycles. The molecule has 0 aromatic rings. The van der Waals surface area contributed by atoms with Gasteiger partial charge in [0.2, 0.25) is 0 Å². The van der Waals surface area contributed by atoms with Gasteiger partial charge in [-0.3, -0.25) is 0 Å². The first-order valence-corrected chi connectivity index (χ1v) is 4.63. The van der Waals surface area contributed by atoms with Gasteiger partial charge in [-0.2, -0.15) is 0 Å². The zero-order chi connectivity index (χ0) is 8.97. The van der Waals surface area contributed by atoms with E-state index in [2.05, 4.69) is 24.9 Å². The Hall–Kier alpha value is -0.500. The lowest BCUT2D eigenvalue weighted by Gasteiger charge is -2.22. The number of methoxy groups -OCH3 is 1. The van der Waals surface area contributed by atoms with Crippen molar-refractivity contribution in [3.63, 3.8) is 0 Å². The van der Waals surface area contributed by atoms with Gasteiger partial charge < -0.3 is 9.64 Å². The van der Waals surface area contributed by atoms with Crippen LogP contribution in [-0.4, -0.2) is 31.2 Å². The van der Waals surface area contributed by atoms with E-state index in [4.69, 9.17) is 4.74 Å². The van der Waals surface area contributed by atoms with Crippen LogP contribution in [0.25, 0.3) is 0 Å². The van der Waals surface area contributed by atoms with Crippen LogP contribution in [-0.2, 0) is 4.74 Å². The second kappa shape index (κ2) is 4.51.